The number of H-pyrrole nitrogens is 1. The van der Waals surface area contributed by atoms with E-state index in [0.717, 1.165) is 60.0 Å². The molecule has 2 bridgehead atoms. The number of benzene rings is 2. The van der Waals surface area contributed by atoms with E-state index in [9.17, 15) is 29.7 Å². The smallest absolute Gasteiger partial charge is 0.375 e. The molecule has 5 heterocycles. The molecule has 1 saturated carbocycles. The zero-order valence-corrected chi connectivity index (χ0v) is 36.6. The lowest BCUT2D eigenvalue weighted by molar-refractivity contribution is -0.141. The SMILES string of the molecule is CCOC(=O)C1=C(C=O)C2=C3CCC(=O)C(C3)c3cc4cc[nH]c4cc3CCC(CO)COc3c4c(c(CO)c(c32)O1)OC(C1(O)CC=CC2C(CC)N(CCCOC)CCC21)C4. The minimum Gasteiger partial charge on any atom is -0.492 e. The van der Waals surface area contributed by atoms with Crippen LogP contribution in [-0.2, 0) is 43.3 Å². The van der Waals surface area contributed by atoms with Gasteiger partial charge in [0.05, 0.1) is 36.5 Å². The van der Waals surface area contributed by atoms with Gasteiger partial charge in [0.2, 0.25) is 5.76 Å². The minimum atomic E-state index is -1.28. The predicted molar refractivity (Wildman–Crippen MR) is 234 cm³/mol. The molecule has 13 heteroatoms. The first-order valence-electron chi connectivity index (χ1n) is 22.9. The normalized spacial score (nSPS) is 28.1. The Hall–Kier alpha value is -4.79. The molecule has 63 heavy (non-hydrogen) atoms. The van der Waals surface area contributed by atoms with Gasteiger partial charge in [-0.1, -0.05) is 24.6 Å². The number of aliphatic hydroxyl groups excluding tert-OH is 2. The monoisotopic (exact) mass is 864 g/mol. The maximum atomic E-state index is 14.1. The van der Waals surface area contributed by atoms with Gasteiger partial charge in [0.25, 0.3) is 0 Å². The molecular weight excluding hydrogens is 805 g/mol. The van der Waals surface area contributed by atoms with Crippen molar-refractivity contribution in [2.75, 3.05) is 46.6 Å². The molecule has 2 aliphatic carbocycles. The topological polar surface area (TPSA) is 177 Å². The molecule has 4 N–H and O–H groups in total. The summed E-state index contributed by atoms with van der Waals surface area (Å²) in [5.74, 6) is -1.22. The number of piperidine rings is 1. The van der Waals surface area contributed by atoms with Crippen molar-refractivity contribution in [1.82, 2.24) is 9.88 Å². The van der Waals surface area contributed by atoms with Gasteiger partial charge >= 0.3 is 5.97 Å². The first-order valence-corrected chi connectivity index (χ1v) is 22.9. The molecule has 13 nitrogen and oxygen atoms in total. The van der Waals surface area contributed by atoms with Crippen molar-refractivity contribution in [3.8, 4) is 17.2 Å². The first kappa shape index (κ1) is 43.5. The molecule has 2 aromatic carbocycles. The molecule has 0 amide bonds. The number of rotatable bonds is 11. The first-order chi connectivity index (χ1) is 30.7. The van der Waals surface area contributed by atoms with Crippen molar-refractivity contribution in [2.45, 2.75) is 108 Å². The van der Waals surface area contributed by atoms with Crippen molar-refractivity contribution in [3.63, 3.8) is 0 Å². The highest BCUT2D eigenvalue weighted by molar-refractivity contribution is 6.11. The Labute approximate surface area is 368 Å². The Morgan fingerprint density at radius 2 is 1.95 bits per heavy atom. The van der Waals surface area contributed by atoms with Gasteiger partial charge in [0, 0.05) is 86.4 Å². The number of hydrogen-bond donors (Lipinski definition) is 4. The van der Waals surface area contributed by atoms with Gasteiger partial charge in [-0.3, -0.25) is 14.5 Å². The number of likely N-dealkylation sites (tertiary alicyclic amines) is 1. The summed E-state index contributed by atoms with van der Waals surface area (Å²) in [6, 6.07) is 6.37. The largest absolute Gasteiger partial charge is 0.492 e. The summed E-state index contributed by atoms with van der Waals surface area (Å²) < 4.78 is 31.2. The molecule has 7 unspecified atom stereocenters. The Morgan fingerprint density at radius 3 is 2.71 bits per heavy atom. The van der Waals surface area contributed by atoms with Crippen LogP contribution in [0.1, 0.15) is 98.9 Å². The van der Waals surface area contributed by atoms with Crippen LogP contribution in [0.15, 0.2) is 53.5 Å². The molecular formula is C50H60N2O11. The number of nitrogens with zero attached hydrogens (tertiary/aromatic N) is 1. The predicted octanol–water partition coefficient (Wildman–Crippen LogP) is 6.04. The standard InChI is InChI=1S/C50H60N2O11/c1-4-40-32-8-6-15-50(58,38(32)14-18-52(40)17-7-19-59-3)42-23-35-45(62-42)37(26-55)47-44-43(36(25-54)48(63-47)49(57)60-5-2)31-11-12-41(56)34(21-31)33-20-30-13-16-51-39(30)22-29(33)10-9-28(24-53)27-61-46(35)44/h6,8,13,16,20,22,25,28,32,34,38,40,42,51,53,55,58H,4-5,7,9-12,14-15,17-19,21,23-24,26-27H2,1-3H3. The summed E-state index contributed by atoms with van der Waals surface area (Å²) in [5.41, 5.74) is 4.00. The van der Waals surface area contributed by atoms with Crippen molar-refractivity contribution in [3.05, 3.63) is 81.3 Å². The quantitative estimate of drug-likeness (QED) is 0.0762. The maximum absolute atomic E-state index is 14.1. The highest BCUT2D eigenvalue weighted by Gasteiger charge is 2.55. The Kier molecular flexibility index (Phi) is 12.4. The van der Waals surface area contributed by atoms with E-state index >= 15 is 0 Å². The molecule has 336 valence electrons. The number of aldehydes is 1. The molecule has 7 atom stereocenters. The van der Waals surface area contributed by atoms with Gasteiger partial charge in [0.15, 0.2) is 6.29 Å². The molecule has 0 spiro atoms. The number of aromatic amines is 1. The Bertz CT molecular complexity index is 2380. The third kappa shape index (κ3) is 7.53. The second kappa shape index (κ2) is 18.0. The number of aromatic nitrogens is 1. The number of Topliss-reactive ketones (excluding diaryl/α,β-unsaturated/α-hetero) is 1. The summed E-state index contributed by atoms with van der Waals surface area (Å²) in [4.78, 5) is 47.2. The van der Waals surface area contributed by atoms with Crippen LogP contribution in [0.2, 0.25) is 0 Å². The lowest BCUT2D eigenvalue weighted by atomic mass is 9.63. The van der Waals surface area contributed by atoms with Crippen molar-refractivity contribution >= 4 is 34.5 Å². The van der Waals surface area contributed by atoms with Gasteiger partial charge in [-0.05, 0) is 105 Å². The van der Waals surface area contributed by atoms with E-state index < -0.39 is 30.2 Å². The third-order valence-corrected chi connectivity index (χ3v) is 14.8. The number of aliphatic hydroxyl groups is 3. The number of hydrogen-bond acceptors (Lipinski definition) is 12. The van der Waals surface area contributed by atoms with E-state index in [1.807, 2.05) is 12.3 Å². The summed E-state index contributed by atoms with van der Waals surface area (Å²) >= 11 is 0. The van der Waals surface area contributed by atoms with E-state index in [1.54, 1.807) is 14.0 Å². The van der Waals surface area contributed by atoms with E-state index in [4.69, 9.17) is 23.7 Å². The summed E-state index contributed by atoms with van der Waals surface area (Å²) in [5, 5.41) is 36.2. The van der Waals surface area contributed by atoms with E-state index in [1.165, 1.54) is 0 Å². The second-order valence-corrected chi connectivity index (χ2v) is 18.1. The fraction of sp³-hybridized carbons (Fsp3) is 0.540. The fourth-order valence-corrected chi connectivity index (χ4v) is 11.7. The zero-order valence-electron chi connectivity index (χ0n) is 36.6. The van der Waals surface area contributed by atoms with Crippen LogP contribution in [0.3, 0.4) is 0 Å². The molecule has 6 aliphatic rings. The highest BCUT2D eigenvalue weighted by atomic mass is 16.6. The van der Waals surface area contributed by atoms with Crippen molar-refractivity contribution in [1.29, 1.82) is 0 Å². The summed E-state index contributed by atoms with van der Waals surface area (Å²) in [6.45, 7) is 5.68. The molecule has 4 aliphatic heterocycles. The van der Waals surface area contributed by atoms with E-state index in [2.05, 4.69) is 41.1 Å². The number of nitrogens with one attached hydrogen (secondary N) is 1. The lowest BCUT2D eigenvalue weighted by Gasteiger charge is -2.53. The average Bonchev–Trinajstić information content (AvgIpc) is 3.96. The van der Waals surface area contributed by atoms with Gasteiger partial charge in [0.1, 0.15) is 34.7 Å². The number of ether oxygens (including phenoxy) is 5. The Balaban J connectivity index is 1.21. The number of ketones is 1. The third-order valence-electron chi connectivity index (χ3n) is 14.8. The van der Waals surface area contributed by atoms with E-state index in [0.29, 0.717) is 66.8 Å². The van der Waals surface area contributed by atoms with Crippen molar-refractivity contribution < 1.29 is 53.4 Å². The number of methoxy groups -OCH3 is 1. The summed E-state index contributed by atoms with van der Waals surface area (Å²) in [6.07, 6.45) is 11.3. The number of aryl methyl sites for hydroxylation is 1. The van der Waals surface area contributed by atoms with Gasteiger partial charge in [-0.25, -0.2) is 4.79 Å². The molecule has 3 aromatic rings. The lowest BCUT2D eigenvalue weighted by Crippen LogP contribution is -2.61. The highest BCUT2D eigenvalue weighted by Crippen LogP contribution is 2.58. The van der Waals surface area contributed by atoms with Crippen LogP contribution in [0.5, 0.6) is 17.2 Å². The average molecular weight is 865 g/mol. The molecule has 1 aromatic heterocycles. The minimum absolute atomic E-state index is 0.0231. The molecule has 1 saturated heterocycles. The molecule has 2 fully saturated rings. The second-order valence-electron chi connectivity index (χ2n) is 18.1. The molecule has 0 radical (unpaired) electrons. The number of carbonyl (C=O) groups excluding carboxylic acids is 3. The van der Waals surface area contributed by atoms with Gasteiger partial charge in [-0.2, -0.15) is 0 Å². The van der Waals surface area contributed by atoms with Crippen LogP contribution >= 0.6 is 0 Å². The number of carbonyl (C=O) groups is 3. The van der Waals surface area contributed by atoms with Crippen LogP contribution in [0, 0.1) is 17.8 Å². The van der Waals surface area contributed by atoms with Gasteiger partial charge < -0.3 is 44.0 Å². The van der Waals surface area contributed by atoms with E-state index in [-0.39, 0.29) is 91.3 Å². The number of allylic oxidation sites excluding steroid dienone is 3. The van der Waals surface area contributed by atoms with Crippen LogP contribution in [-0.4, -0.2) is 108 Å². The van der Waals surface area contributed by atoms with Crippen LogP contribution in [0.25, 0.3) is 16.5 Å². The van der Waals surface area contributed by atoms with Crippen molar-refractivity contribution in [2.24, 2.45) is 17.8 Å². The Morgan fingerprint density at radius 1 is 1.10 bits per heavy atom. The van der Waals surface area contributed by atoms with Crippen LogP contribution < -0.4 is 14.2 Å². The summed E-state index contributed by atoms with van der Waals surface area (Å²) in [7, 11) is 1.72. The maximum Gasteiger partial charge on any atom is 0.375 e. The number of fused-ring (bicyclic) bond motifs is 8. The van der Waals surface area contributed by atoms with Crippen LogP contribution in [0.4, 0.5) is 0 Å². The number of esters is 1. The zero-order chi connectivity index (χ0) is 44.0. The van der Waals surface area contributed by atoms with Gasteiger partial charge in [-0.15, -0.1) is 0 Å². The fourth-order valence-electron chi connectivity index (χ4n) is 11.7. The molecule has 9 rings (SSSR count).